The second-order valence-electron chi connectivity index (χ2n) is 4.76. The zero-order valence-corrected chi connectivity index (χ0v) is 12.6. The van der Waals surface area contributed by atoms with Crippen molar-refractivity contribution in [2.24, 2.45) is 0 Å². The van der Waals surface area contributed by atoms with E-state index in [0.717, 1.165) is 10.4 Å². The van der Waals surface area contributed by atoms with Gasteiger partial charge in [0.25, 0.3) is 0 Å². The summed E-state index contributed by atoms with van der Waals surface area (Å²) in [4.78, 5) is 12.9. The molecule has 5 nitrogen and oxygen atoms in total. The highest BCUT2D eigenvalue weighted by Crippen LogP contribution is 2.25. The SMILES string of the molecule is Cc1ccc(O)c(C(=O)OCc2cc(-c3cccs3)on2)c1. The van der Waals surface area contributed by atoms with Gasteiger partial charge in [-0.3, -0.25) is 0 Å². The fraction of sp³-hybridized carbons (Fsp3) is 0.125. The van der Waals surface area contributed by atoms with Crippen LogP contribution in [0.5, 0.6) is 5.75 Å². The van der Waals surface area contributed by atoms with Crippen LogP contribution in [0.2, 0.25) is 0 Å². The molecule has 0 aliphatic carbocycles. The van der Waals surface area contributed by atoms with Gasteiger partial charge in [0.05, 0.1) is 4.88 Å². The number of nitrogens with zero attached hydrogens (tertiary/aromatic N) is 1. The average molecular weight is 315 g/mol. The molecule has 0 unspecified atom stereocenters. The molecule has 0 aliphatic heterocycles. The van der Waals surface area contributed by atoms with Crippen LogP contribution >= 0.6 is 11.3 Å². The van der Waals surface area contributed by atoms with Crippen molar-refractivity contribution in [1.29, 1.82) is 0 Å². The quantitative estimate of drug-likeness (QED) is 0.742. The molecule has 3 aromatic rings. The van der Waals surface area contributed by atoms with Crippen molar-refractivity contribution >= 4 is 17.3 Å². The molecule has 6 heteroatoms. The summed E-state index contributed by atoms with van der Waals surface area (Å²) in [6, 6.07) is 10.3. The van der Waals surface area contributed by atoms with E-state index in [2.05, 4.69) is 5.16 Å². The van der Waals surface area contributed by atoms with E-state index in [1.54, 1.807) is 18.2 Å². The number of hydrogen-bond acceptors (Lipinski definition) is 6. The molecule has 0 radical (unpaired) electrons. The van der Waals surface area contributed by atoms with Crippen LogP contribution in [-0.2, 0) is 11.3 Å². The molecule has 0 saturated carbocycles. The van der Waals surface area contributed by atoms with Crippen molar-refractivity contribution in [2.45, 2.75) is 13.5 Å². The normalized spacial score (nSPS) is 10.6. The number of benzene rings is 1. The largest absolute Gasteiger partial charge is 0.507 e. The number of aromatic nitrogens is 1. The van der Waals surface area contributed by atoms with E-state index >= 15 is 0 Å². The van der Waals surface area contributed by atoms with Crippen LogP contribution in [0, 0.1) is 6.92 Å². The zero-order valence-electron chi connectivity index (χ0n) is 11.8. The molecule has 0 atom stereocenters. The highest BCUT2D eigenvalue weighted by atomic mass is 32.1. The van der Waals surface area contributed by atoms with Crippen LogP contribution in [0.3, 0.4) is 0 Å². The minimum atomic E-state index is -0.595. The minimum absolute atomic E-state index is 0.0128. The lowest BCUT2D eigenvalue weighted by Gasteiger charge is -2.05. The summed E-state index contributed by atoms with van der Waals surface area (Å²) < 4.78 is 10.4. The van der Waals surface area contributed by atoms with Crippen LogP contribution in [0.25, 0.3) is 10.6 Å². The van der Waals surface area contributed by atoms with E-state index in [9.17, 15) is 9.90 Å². The lowest BCUT2D eigenvalue weighted by Crippen LogP contribution is -2.06. The third-order valence-electron chi connectivity index (χ3n) is 3.05. The fourth-order valence-electron chi connectivity index (χ4n) is 1.95. The Hall–Kier alpha value is -2.60. The Morgan fingerprint density at radius 2 is 2.23 bits per heavy atom. The van der Waals surface area contributed by atoms with Gasteiger partial charge in [0.15, 0.2) is 5.76 Å². The van der Waals surface area contributed by atoms with E-state index in [4.69, 9.17) is 9.26 Å². The predicted molar refractivity (Wildman–Crippen MR) is 81.8 cm³/mol. The van der Waals surface area contributed by atoms with E-state index in [1.807, 2.05) is 24.4 Å². The third-order valence-corrected chi connectivity index (χ3v) is 3.93. The molecule has 0 saturated heterocycles. The number of hydrogen-bond donors (Lipinski definition) is 1. The zero-order chi connectivity index (χ0) is 15.5. The first-order valence-corrected chi connectivity index (χ1v) is 7.47. The van der Waals surface area contributed by atoms with Gasteiger partial charge in [0.1, 0.15) is 23.6 Å². The number of phenols is 1. The van der Waals surface area contributed by atoms with Gasteiger partial charge in [0.2, 0.25) is 0 Å². The lowest BCUT2D eigenvalue weighted by atomic mass is 10.1. The molecule has 0 amide bonds. The Kier molecular flexibility index (Phi) is 3.93. The van der Waals surface area contributed by atoms with Crippen molar-refractivity contribution in [2.75, 3.05) is 0 Å². The van der Waals surface area contributed by atoms with Crippen molar-refractivity contribution in [1.82, 2.24) is 5.16 Å². The predicted octanol–water partition coefficient (Wildman–Crippen LogP) is 3.77. The van der Waals surface area contributed by atoms with Crippen LogP contribution in [0.4, 0.5) is 0 Å². The summed E-state index contributed by atoms with van der Waals surface area (Å²) >= 11 is 1.54. The second kappa shape index (κ2) is 6.03. The second-order valence-corrected chi connectivity index (χ2v) is 5.70. The molecule has 0 spiro atoms. The maximum Gasteiger partial charge on any atom is 0.342 e. The molecule has 2 heterocycles. The number of aromatic hydroxyl groups is 1. The molecule has 112 valence electrons. The van der Waals surface area contributed by atoms with Gasteiger partial charge in [-0.25, -0.2) is 4.79 Å². The Labute approximate surface area is 130 Å². The summed E-state index contributed by atoms with van der Waals surface area (Å²) in [7, 11) is 0. The summed E-state index contributed by atoms with van der Waals surface area (Å²) in [5.41, 5.74) is 1.53. The smallest absolute Gasteiger partial charge is 0.342 e. The number of phenolic OH excluding ortho intramolecular Hbond substituents is 1. The van der Waals surface area contributed by atoms with Gasteiger partial charge in [-0.15, -0.1) is 11.3 Å². The molecular weight excluding hydrogens is 302 g/mol. The Morgan fingerprint density at radius 1 is 1.36 bits per heavy atom. The van der Waals surface area contributed by atoms with Crippen LogP contribution in [0.15, 0.2) is 46.3 Å². The highest BCUT2D eigenvalue weighted by Gasteiger charge is 2.14. The standard InChI is InChI=1S/C16H13NO4S/c1-10-4-5-13(18)12(7-10)16(19)20-9-11-8-14(21-17-11)15-3-2-6-22-15/h2-8,18H,9H2,1H3. The molecule has 0 bridgehead atoms. The minimum Gasteiger partial charge on any atom is -0.507 e. The van der Waals surface area contributed by atoms with Gasteiger partial charge in [0, 0.05) is 6.07 Å². The van der Waals surface area contributed by atoms with Gasteiger partial charge in [-0.1, -0.05) is 22.9 Å². The lowest BCUT2D eigenvalue weighted by molar-refractivity contribution is 0.0461. The highest BCUT2D eigenvalue weighted by molar-refractivity contribution is 7.13. The monoisotopic (exact) mass is 315 g/mol. The van der Waals surface area contributed by atoms with E-state index in [0.29, 0.717) is 11.5 Å². The molecular formula is C16H13NO4S. The number of rotatable bonds is 4. The van der Waals surface area contributed by atoms with Crippen molar-refractivity contribution < 1.29 is 19.2 Å². The number of ether oxygens (including phenoxy) is 1. The van der Waals surface area contributed by atoms with E-state index in [1.165, 1.54) is 17.4 Å². The topological polar surface area (TPSA) is 72.6 Å². The van der Waals surface area contributed by atoms with Gasteiger partial charge in [-0.2, -0.15) is 0 Å². The first kappa shape index (κ1) is 14.3. The number of carbonyl (C=O) groups excluding carboxylic acids is 1. The van der Waals surface area contributed by atoms with Gasteiger partial charge in [-0.05, 0) is 30.5 Å². The number of aryl methyl sites for hydroxylation is 1. The molecule has 1 N–H and O–H groups in total. The molecule has 22 heavy (non-hydrogen) atoms. The summed E-state index contributed by atoms with van der Waals surface area (Å²) in [5, 5.41) is 15.5. The molecule has 0 aliphatic rings. The Bertz CT molecular complexity index is 792. The van der Waals surface area contributed by atoms with Crippen molar-refractivity contribution in [3.8, 4) is 16.4 Å². The Morgan fingerprint density at radius 3 is 3.00 bits per heavy atom. The van der Waals surface area contributed by atoms with E-state index < -0.39 is 5.97 Å². The molecule has 3 rings (SSSR count). The van der Waals surface area contributed by atoms with E-state index in [-0.39, 0.29) is 17.9 Å². The Balaban J connectivity index is 1.67. The number of thiophene rings is 1. The molecule has 0 fully saturated rings. The first-order chi connectivity index (χ1) is 10.6. The maximum atomic E-state index is 12.0. The fourth-order valence-corrected chi connectivity index (χ4v) is 2.62. The summed E-state index contributed by atoms with van der Waals surface area (Å²) in [6.45, 7) is 1.82. The number of carbonyl (C=O) groups is 1. The average Bonchev–Trinajstić information content (AvgIpc) is 3.17. The van der Waals surface area contributed by atoms with Crippen LogP contribution < -0.4 is 0 Å². The third kappa shape index (κ3) is 3.01. The molecule has 1 aromatic carbocycles. The van der Waals surface area contributed by atoms with Gasteiger partial charge >= 0.3 is 5.97 Å². The van der Waals surface area contributed by atoms with Gasteiger partial charge < -0.3 is 14.4 Å². The molecule has 2 aromatic heterocycles. The van der Waals surface area contributed by atoms with Crippen LogP contribution in [0.1, 0.15) is 21.6 Å². The maximum absolute atomic E-state index is 12.0. The number of esters is 1. The first-order valence-electron chi connectivity index (χ1n) is 6.59. The van der Waals surface area contributed by atoms with Crippen LogP contribution in [-0.4, -0.2) is 16.2 Å². The summed E-state index contributed by atoms with van der Waals surface area (Å²) in [5.74, 6) is -0.0589. The van der Waals surface area contributed by atoms with Crippen molar-refractivity contribution in [3.05, 3.63) is 58.6 Å². The summed E-state index contributed by atoms with van der Waals surface area (Å²) in [6.07, 6.45) is 0. The van der Waals surface area contributed by atoms with Crippen molar-refractivity contribution in [3.63, 3.8) is 0 Å².